The molecule has 0 bridgehead atoms. The van der Waals surface area contributed by atoms with Gasteiger partial charge in [-0.2, -0.15) is 0 Å². The predicted molar refractivity (Wildman–Crippen MR) is 118 cm³/mol. The molecule has 30 heavy (non-hydrogen) atoms. The zero-order chi connectivity index (χ0) is 21.4. The standard InChI is InChI=1S/C25H44O5/c1-2-3-4-5-6-7-8-17-30-25(27)22-11-15-24(16-12-22)29-19-18-28-23-13-9-21(20-26)10-14-23/h20-24H,2-19H2,1H3. The average Bonchev–Trinajstić information content (AvgIpc) is 2.79. The van der Waals surface area contributed by atoms with Crippen molar-refractivity contribution >= 4 is 12.3 Å². The molecular weight excluding hydrogens is 380 g/mol. The number of esters is 1. The van der Waals surface area contributed by atoms with Gasteiger partial charge in [-0.05, 0) is 57.8 Å². The summed E-state index contributed by atoms with van der Waals surface area (Å²) in [6.45, 7) is 4.05. The van der Waals surface area contributed by atoms with Crippen molar-refractivity contribution in [3.8, 4) is 0 Å². The Morgan fingerprint density at radius 1 is 0.733 bits per heavy atom. The lowest BCUT2D eigenvalue weighted by molar-refractivity contribution is -0.151. The summed E-state index contributed by atoms with van der Waals surface area (Å²) in [5.74, 6) is 0.283. The molecule has 2 aliphatic carbocycles. The Bertz CT molecular complexity index is 450. The van der Waals surface area contributed by atoms with Gasteiger partial charge in [0.15, 0.2) is 0 Å². The third-order valence-electron chi connectivity index (χ3n) is 6.70. The quantitative estimate of drug-likeness (QED) is 0.194. The molecule has 0 aromatic carbocycles. The first-order valence-electron chi connectivity index (χ1n) is 12.6. The van der Waals surface area contributed by atoms with Gasteiger partial charge in [0.25, 0.3) is 0 Å². The van der Waals surface area contributed by atoms with Gasteiger partial charge in [-0.1, -0.05) is 45.4 Å². The summed E-state index contributed by atoms with van der Waals surface area (Å²) in [7, 11) is 0. The van der Waals surface area contributed by atoms with Crippen molar-refractivity contribution in [3.05, 3.63) is 0 Å². The first kappa shape index (κ1) is 25.3. The van der Waals surface area contributed by atoms with E-state index in [0.29, 0.717) is 19.8 Å². The molecule has 0 aromatic rings. The highest BCUT2D eigenvalue weighted by atomic mass is 16.5. The van der Waals surface area contributed by atoms with Gasteiger partial charge in [0.05, 0.1) is 37.9 Å². The average molecular weight is 425 g/mol. The molecule has 0 saturated heterocycles. The smallest absolute Gasteiger partial charge is 0.308 e. The van der Waals surface area contributed by atoms with Crippen LogP contribution < -0.4 is 0 Å². The lowest BCUT2D eigenvalue weighted by Crippen LogP contribution is -2.29. The van der Waals surface area contributed by atoms with E-state index < -0.39 is 0 Å². The van der Waals surface area contributed by atoms with E-state index in [1.807, 2.05) is 0 Å². The van der Waals surface area contributed by atoms with E-state index in [1.54, 1.807) is 0 Å². The van der Waals surface area contributed by atoms with Crippen molar-refractivity contribution in [2.75, 3.05) is 19.8 Å². The van der Waals surface area contributed by atoms with Gasteiger partial charge in [0, 0.05) is 5.92 Å². The molecule has 0 unspecified atom stereocenters. The van der Waals surface area contributed by atoms with Crippen LogP contribution in [0.2, 0.25) is 0 Å². The molecule has 5 nitrogen and oxygen atoms in total. The normalized spacial score (nSPS) is 27.0. The van der Waals surface area contributed by atoms with Gasteiger partial charge in [0.2, 0.25) is 0 Å². The maximum atomic E-state index is 12.3. The van der Waals surface area contributed by atoms with E-state index in [0.717, 1.165) is 70.5 Å². The molecular formula is C25H44O5. The van der Waals surface area contributed by atoms with E-state index in [1.165, 1.54) is 32.1 Å². The SMILES string of the molecule is CCCCCCCCCOC(=O)C1CCC(OCCOC2CCC(C=O)CC2)CC1. The van der Waals surface area contributed by atoms with Crippen LogP contribution >= 0.6 is 0 Å². The van der Waals surface area contributed by atoms with Crippen LogP contribution in [0.4, 0.5) is 0 Å². The van der Waals surface area contributed by atoms with Gasteiger partial charge in [-0.15, -0.1) is 0 Å². The first-order chi connectivity index (χ1) is 14.7. The number of rotatable bonds is 15. The summed E-state index contributed by atoms with van der Waals surface area (Å²) in [4.78, 5) is 23.1. The Labute approximate surface area is 183 Å². The number of hydrogen-bond donors (Lipinski definition) is 0. The molecule has 5 heteroatoms. The second-order valence-corrected chi connectivity index (χ2v) is 9.18. The highest BCUT2D eigenvalue weighted by Crippen LogP contribution is 2.28. The van der Waals surface area contributed by atoms with Crippen LogP contribution in [-0.4, -0.2) is 44.3 Å². The molecule has 2 aliphatic rings. The minimum Gasteiger partial charge on any atom is -0.465 e. The summed E-state index contributed by atoms with van der Waals surface area (Å²) < 4.78 is 17.4. The van der Waals surface area contributed by atoms with Crippen LogP contribution in [0.3, 0.4) is 0 Å². The molecule has 0 spiro atoms. The lowest BCUT2D eigenvalue weighted by Gasteiger charge is -2.28. The topological polar surface area (TPSA) is 61.8 Å². The van der Waals surface area contributed by atoms with Crippen molar-refractivity contribution in [1.82, 2.24) is 0 Å². The van der Waals surface area contributed by atoms with Crippen LogP contribution in [0.15, 0.2) is 0 Å². The zero-order valence-electron chi connectivity index (χ0n) is 19.2. The van der Waals surface area contributed by atoms with E-state index in [-0.39, 0.29) is 30.0 Å². The fraction of sp³-hybridized carbons (Fsp3) is 0.920. The van der Waals surface area contributed by atoms with Crippen molar-refractivity contribution in [2.24, 2.45) is 11.8 Å². The van der Waals surface area contributed by atoms with Gasteiger partial charge in [-0.3, -0.25) is 4.79 Å². The van der Waals surface area contributed by atoms with Gasteiger partial charge >= 0.3 is 5.97 Å². The van der Waals surface area contributed by atoms with Gasteiger partial charge < -0.3 is 19.0 Å². The molecule has 0 radical (unpaired) electrons. The minimum atomic E-state index is -0.00584. The van der Waals surface area contributed by atoms with Crippen LogP contribution in [-0.2, 0) is 23.8 Å². The van der Waals surface area contributed by atoms with Crippen LogP contribution in [0.1, 0.15) is 103 Å². The number of aldehydes is 1. The Kier molecular flexibility index (Phi) is 13.3. The second kappa shape index (κ2) is 15.8. The highest BCUT2D eigenvalue weighted by molar-refractivity contribution is 5.72. The maximum absolute atomic E-state index is 12.3. The molecule has 0 aromatic heterocycles. The van der Waals surface area contributed by atoms with E-state index in [9.17, 15) is 9.59 Å². The summed E-state index contributed by atoms with van der Waals surface area (Å²) in [5, 5.41) is 0. The number of carbonyl (C=O) groups excluding carboxylic acids is 2. The van der Waals surface area contributed by atoms with Crippen molar-refractivity contribution in [2.45, 2.75) is 115 Å². The summed E-state index contributed by atoms with van der Waals surface area (Å²) in [6, 6.07) is 0. The zero-order valence-corrected chi connectivity index (χ0v) is 19.2. The minimum absolute atomic E-state index is 0.00584. The molecule has 174 valence electrons. The number of carbonyl (C=O) groups is 2. The maximum Gasteiger partial charge on any atom is 0.308 e. The molecule has 2 fully saturated rings. The van der Waals surface area contributed by atoms with Gasteiger partial charge in [0.1, 0.15) is 6.29 Å². The number of ether oxygens (including phenoxy) is 3. The summed E-state index contributed by atoms with van der Waals surface area (Å²) in [5.41, 5.74) is 0. The summed E-state index contributed by atoms with van der Waals surface area (Å²) in [6.07, 6.45) is 17.7. The fourth-order valence-corrected chi connectivity index (χ4v) is 4.64. The van der Waals surface area contributed by atoms with E-state index in [4.69, 9.17) is 14.2 Å². The monoisotopic (exact) mass is 424 g/mol. The number of hydrogen-bond acceptors (Lipinski definition) is 5. The Morgan fingerprint density at radius 3 is 1.83 bits per heavy atom. The van der Waals surface area contributed by atoms with Crippen LogP contribution in [0.25, 0.3) is 0 Å². The predicted octanol–water partition coefficient (Wildman–Crippen LogP) is 5.63. The van der Waals surface area contributed by atoms with Gasteiger partial charge in [-0.25, -0.2) is 0 Å². The van der Waals surface area contributed by atoms with Crippen molar-refractivity contribution < 1.29 is 23.8 Å². The molecule has 0 amide bonds. The molecule has 0 N–H and O–H groups in total. The van der Waals surface area contributed by atoms with E-state index in [2.05, 4.69) is 6.92 Å². The summed E-state index contributed by atoms with van der Waals surface area (Å²) >= 11 is 0. The van der Waals surface area contributed by atoms with Crippen molar-refractivity contribution in [1.29, 1.82) is 0 Å². The van der Waals surface area contributed by atoms with Crippen LogP contribution in [0, 0.1) is 11.8 Å². The Balaban J connectivity index is 1.43. The third-order valence-corrected chi connectivity index (χ3v) is 6.70. The Hall–Kier alpha value is -0.940. The largest absolute Gasteiger partial charge is 0.465 e. The lowest BCUT2D eigenvalue weighted by atomic mass is 9.87. The molecule has 0 atom stereocenters. The Morgan fingerprint density at radius 2 is 1.27 bits per heavy atom. The first-order valence-corrected chi connectivity index (χ1v) is 12.6. The third kappa shape index (κ3) is 10.4. The van der Waals surface area contributed by atoms with Crippen LogP contribution in [0.5, 0.6) is 0 Å². The second-order valence-electron chi connectivity index (χ2n) is 9.18. The molecule has 0 heterocycles. The van der Waals surface area contributed by atoms with E-state index >= 15 is 0 Å². The van der Waals surface area contributed by atoms with Crippen molar-refractivity contribution in [3.63, 3.8) is 0 Å². The number of unbranched alkanes of at least 4 members (excludes halogenated alkanes) is 6. The molecule has 2 saturated carbocycles. The molecule has 2 rings (SSSR count). The molecule has 0 aliphatic heterocycles. The fourth-order valence-electron chi connectivity index (χ4n) is 4.64. The highest BCUT2D eigenvalue weighted by Gasteiger charge is 2.28.